The van der Waals surface area contributed by atoms with Gasteiger partial charge in [-0.3, -0.25) is 4.79 Å². The number of nitrogens with zero attached hydrogens (tertiary/aromatic N) is 1. The molecule has 1 aromatic heterocycles. The van der Waals surface area contributed by atoms with Crippen LogP contribution in [0.4, 0.5) is 4.39 Å². The predicted molar refractivity (Wildman–Crippen MR) is 109 cm³/mol. The van der Waals surface area contributed by atoms with Crippen molar-refractivity contribution in [3.05, 3.63) is 71.7 Å². The van der Waals surface area contributed by atoms with E-state index in [4.69, 9.17) is 14.0 Å². The normalized spacial score (nSPS) is 15.5. The zero-order valence-corrected chi connectivity index (χ0v) is 16.7. The Hall–Kier alpha value is -3.19. The predicted octanol–water partition coefficient (Wildman–Crippen LogP) is 3.97. The molecule has 1 amide bonds. The van der Waals surface area contributed by atoms with Crippen LogP contribution >= 0.6 is 0 Å². The Morgan fingerprint density at radius 3 is 2.60 bits per heavy atom. The molecule has 0 saturated carbocycles. The lowest BCUT2D eigenvalue weighted by molar-refractivity contribution is 0.0483. The second kappa shape index (κ2) is 8.67. The minimum Gasteiger partial charge on any atom is -0.497 e. The molecule has 1 aliphatic heterocycles. The SMILES string of the molecule is COc1ccc(C2(CNC(=O)c3cc(-c4ccccc4F)no3)CCOCC2)cc1. The highest BCUT2D eigenvalue weighted by molar-refractivity contribution is 5.92. The van der Waals surface area contributed by atoms with Crippen LogP contribution in [0.2, 0.25) is 0 Å². The molecule has 2 aromatic carbocycles. The Kier molecular flexibility index (Phi) is 5.81. The lowest BCUT2D eigenvalue weighted by Crippen LogP contribution is -2.44. The standard InChI is InChI=1S/C23H23FN2O4/c1-28-17-8-6-16(7-9-17)23(10-12-29-13-11-23)15-25-22(27)21-14-20(26-30-21)18-4-2-3-5-19(18)24/h2-9,14H,10-13,15H2,1H3,(H,25,27). The van der Waals surface area contributed by atoms with Crippen molar-refractivity contribution in [3.63, 3.8) is 0 Å². The molecule has 6 nitrogen and oxygen atoms in total. The number of hydrogen-bond acceptors (Lipinski definition) is 5. The lowest BCUT2D eigenvalue weighted by Gasteiger charge is -2.38. The summed E-state index contributed by atoms with van der Waals surface area (Å²) in [4.78, 5) is 12.7. The molecule has 0 radical (unpaired) electrons. The summed E-state index contributed by atoms with van der Waals surface area (Å²) in [6.45, 7) is 1.68. The van der Waals surface area contributed by atoms with E-state index in [1.165, 1.54) is 12.1 Å². The Morgan fingerprint density at radius 2 is 1.90 bits per heavy atom. The van der Waals surface area contributed by atoms with Gasteiger partial charge in [-0.2, -0.15) is 0 Å². The van der Waals surface area contributed by atoms with E-state index in [9.17, 15) is 9.18 Å². The van der Waals surface area contributed by atoms with Crippen LogP contribution in [-0.4, -0.2) is 37.9 Å². The summed E-state index contributed by atoms with van der Waals surface area (Å²) in [6, 6.07) is 15.6. The van der Waals surface area contributed by atoms with Crippen molar-refractivity contribution in [2.75, 3.05) is 26.9 Å². The van der Waals surface area contributed by atoms with Gasteiger partial charge in [-0.05, 0) is 42.7 Å². The molecule has 1 saturated heterocycles. The highest BCUT2D eigenvalue weighted by Crippen LogP contribution is 2.35. The Morgan fingerprint density at radius 1 is 1.17 bits per heavy atom. The summed E-state index contributed by atoms with van der Waals surface area (Å²) in [7, 11) is 1.63. The quantitative estimate of drug-likeness (QED) is 0.666. The van der Waals surface area contributed by atoms with Crippen molar-refractivity contribution >= 4 is 5.91 Å². The molecule has 0 spiro atoms. The number of methoxy groups -OCH3 is 1. The minimum atomic E-state index is -0.418. The number of hydrogen-bond donors (Lipinski definition) is 1. The zero-order valence-electron chi connectivity index (χ0n) is 16.7. The third kappa shape index (κ3) is 4.07. The third-order valence-corrected chi connectivity index (χ3v) is 5.62. The lowest BCUT2D eigenvalue weighted by atomic mass is 9.74. The van der Waals surface area contributed by atoms with Crippen molar-refractivity contribution in [2.24, 2.45) is 0 Å². The van der Waals surface area contributed by atoms with Crippen LogP contribution in [0.15, 0.2) is 59.1 Å². The average Bonchev–Trinajstić information content (AvgIpc) is 3.29. The Labute approximate surface area is 174 Å². The van der Waals surface area contributed by atoms with Crippen LogP contribution in [0, 0.1) is 5.82 Å². The van der Waals surface area contributed by atoms with Gasteiger partial charge >= 0.3 is 0 Å². The van der Waals surface area contributed by atoms with Crippen LogP contribution in [0.5, 0.6) is 5.75 Å². The molecule has 1 fully saturated rings. The van der Waals surface area contributed by atoms with Gasteiger partial charge in [-0.1, -0.05) is 29.4 Å². The molecular formula is C23H23FN2O4. The largest absolute Gasteiger partial charge is 0.497 e. The first-order chi connectivity index (χ1) is 14.6. The number of nitrogens with one attached hydrogen (secondary N) is 1. The maximum atomic E-state index is 14.0. The summed E-state index contributed by atoms with van der Waals surface area (Å²) < 4.78 is 29.9. The summed E-state index contributed by atoms with van der Waals surface area (Å²) in [5.41, 5.74) is 1.46. The minimum absolute atomic E-state index is 0.0465. The number of carbonyl (C=O) groups is 1. The van der Waals surface area contributed by atoms with E-state index in [1.807, 2.05) is 24.3 Å². The van der Waals surface area contributed by atoms with Crippen LogP contribution in [-0.2, 0) is 10.2 Å². The van der Waals surface area contributed by atoms with Gasteiger partial charge in [0, 0.05) is 36.8 Å². The van der Waals surface area contributed by atoms with Crippen LogP contribution in [0.3, 0.4) is 0 Å². The first-order valence-corrected chi connectivity index (χ1v) is 9.83. The molecule has 0 unspecified atom stereocenters. The first kappa shape index (κ1) is 20.1. The van der Waals surface area contributed by atoms with E-state index in [1.54, 1.807) is 25.3 Å². The van der Waals surface area contributed by atoms with Gasteiger partial charge in [-0.25, -0.2) is 4.39 Å². The number of ether oxygens (including phenoxy) is 2. The number of aromatic nitrogens is 1. The van der Waals surface area contributed by atoms with Gasteiger partial charge in [0.2, 0.25) is 5.76 Å². The molecule has 30 heavy (non-hydrogen) atoms. The van der Waals surface area contributed by atoms with Gasteiger partial charge in [0.05, 0.1) is 7.11 Å². The average molecular weight is 410 g/mol. The van der Waals surface area contributed by atoms with E-state index in [0.717, 1.165) is 24.2 Å². The van der Waals surface area contributed by atoms with Crippen molar-refractivity contribution in [1.29, 1.82) is 0 Å². The number of carbonyl (C=O) groups excluding carboxylic acids is 1. The Balaban J connectivity index is 1.50. The number of benzene rings is 2. The zero-order chi connectivity index (χ0) is 21.0. The summed E-state index contributed by atoms with van der Waals surface area (Å²) in [5, 5.41) is 6.81. The molecule has 1 N–H and O–H groups in total. The fraction of sp³-hybridized carbons (Fsp3) is 0.304. The van der Waals surface area contributed by atoms with Gasteiger partial charge in [0.25, 0.3) is 5.91 Å². The molecule has 0 aliphatic carbocycles. The van der Waals surface area contributed by atoms with E-state index in [2.05, 4.69) is 10.5 Å². The van der Waals surface area contributed by atoms with E-state index in [-0.39, 0.29) is 22.8 Å². The van der Waals surface area contributed by atoms with Crippen molar-refractivity contribution in [1.82, 2.24) is 10.5 Å². The van der Waals surface area contributed by atoms with Crippen molar-refractivity contribution in [3.8, 4) is 17.0 Å². The fourth-order valence-electron chi connectivity index (χ4n) is 3.79. The van der Waals surface area contributed by atoms with Gasteiger partial charge < -0.3 is 19.3 Å². The summed E-state index contributed by atoms with van der Waals surface area (Å²) in [5.74, 6) is 0.0282. The number of halogens is 1. The second-order valence-electron chi connectivity index (χ2n) is 7.36. The molecule has 0 atom stereocenters. The summed E-state index contributed by atoms with van der Waals surface area (Å²) >= 11 is 0. The van der Waals surface area contributed by atoms with E-state index in [0.29, 0.717) is 25.3 Å². The maximum absolute atomic E-state index is 14.0. The third-order valence-electron chi connectivity index (χ3n) is 5.62. The first-order valence-electron chi connectivity index (χ1n) is 9.83. The van der Waals surface area contributed by atoms with Crippen molar-refractivity contribution < 1.29 is 23.2 Å². The molecule has 7 heteroatoms. The maximum Gasteiger partial charge on any atom is 0.289 e. The van der Waals surface area contributed by atoms with Gasteiger partial charge in [0.1, 0.15) is 17.3 Å². The molecule has 3 aromatic rings. The van der Waals surface area contributed by atoms with Crippen LogP contribution in [0.25, 0.3) is 11.3 Å². The Bertz CT molecular complexity index is 1010. The fourth-order valence-corrected chi connectivity index (χ4v) is 3.79. The van der Waals surface area contributed by atoms with E-state index >= 15 is 0 Å². The molecule has 4 rings (SSSR count). The molecular weight excluding hydrogens is 387 g/mol. The van der Waals surface area contributed by atoms with Crippen LogP contribution < -0.4 is 10.1 Å². The monoisotopic (exact) mass is 410 g/mol. The van der Waals surface area contributed by atoms with Crippen molar-refractivity contribution in [2.45, 2.75) is 18.3 Å². The molecule has 0 bridgehead atoms. The van der Waals surface area contributed by atoms with E-state index < -0.39 is 5.82 Å². The summed E-state index contributed by atoms with van der Waals surface area (Å²) in [6.07, 6.45) is 1.58. The smallest absolute Gasteiger partial charge is 0.289 e. The second-order valence-corrected chi connectivity index (χ2v) is 7.36. The topological polar surface area (TPSA) is 73.6 Å². The highest BCUT2D eigenvalue weighted by atomic mass is 19.1. The molecule has 2 heterocycles. The van der Waals surface area contributed by atoms with Gasteiger partial charge in [-0.15, -0.1) is 0 Å². The van der Waals surface area contributed by atoms with Crippen LogP contribution in [0.1, 0.15) is 29.0 Å². The molecule has 1 aliphatic rings. The number of rotatable bonds is 6. The molecule has 156 valence electrons. The van der Waals surface area contributed by atoms with Gasteiger partial charge in [0.15, 0.2) is 0 Å². The highest BCUT2D eigenvalue weighted by Gasteiger charge is 2.35. The number of amides is 1.